The Kier molecular flexibility index (Phi) is 3.80. The van der Waals surface area contributed by atoms with E-state index in [1.54, 1.807) is 19.9 Å². The molecule has 0 saturated heterocycles. The second kappa shape index (κ2) is 5.52. The Bertz CT molecular complexity index is 567. The molecule has 98 valence electrons. The average Bonchev–Trinajstić information content (AvgIpc) is 2.66. The van der Waals surface area contributed by atoms with Crippen LogP contribution in [0.15, 0.2) is 47.4 Å². The number of ether oxygens (including phenoxy) is 2. The van der Waals surface area contributed by atoms with Crippen molar-refractivity contribution in [2.24, 2.45) is 0 Å². The highest BCUT2D eigenvalue weighted by Gasteiger charge is 2.34. The van der Waals surface area contributed by atoms with Gasteiger partial charge in [0.25, 0.3) is 0 Å². The molecule has 2 rings (SSSR count). The van der Waals surface area contributed by atoms with Crippen LogP contribution in [0.1, 0.15) is 19.4 Å². The zero-order valence-electron chi connectivity index (χ0n) is 10.8. The molecular weight excluding hydrogens is 244 g/mol. The van der Waals surface area contributed by atoms with E-state index in [-0.39, 0.29) is 23.7 Å². The van der Waals surface area contributed by atoms with Crippen molar-refractivity contribution in [1.82, 2.24) is 0 Å². The summed E-state index contributed by atoms with van der Waals surface area (Å²) in [5, 5.41) is 0. The first-order valence-corrected chi connectivity index (χ1v) is 6.00. The van der Waals surface area contributed by atoms with Crippen molar-refractivity contribution in [3.8, 4) is 0 Å². The Hall–Kier alpha value is -2.36. The van der Waals surface area contributed by atoms with E-state index in [0.29, 0.717) is 0 Å². The average molecular weight is 258 g/mol. The van der Waals surface area contributed by atoms with Crippen LogP contribution in [0.3, 0.4) is 0 Å². The minimum Gasteiger partial charge on any atom is -0.462 e. The van der Waals surface area contributed by atoms with Crippen molar-refractivity contribution in [1.29, 1.82) is 0 Å². The van der Waals surface area contributed by atoms with Crippen LogP contribution in [0.2, 0.25) is 0 Å². The minimum atomic E-state index is -0.638. The van der Waals surface area contributed by atoms with Gasteiger partial charge in [-0.3, -0.25) is 4.79 Å². The van der Waals surface area contributed by atoms with Gasteiger partial charge in [-0.05, 0) is 25.5 Å². The second-order valence-corrected chi connectivity index (χ2v) is 4.00. The van der Waals surface area contributed by atoms with Gasteiger partial charge in [-0.2, -0.15) is 0 Å². The molecule has 0 aliphatic carbocycles. The van der Waals surface area contributed by atoms with E-state index in [1.165, 1.54) is 0 Å². The molecule has 19 heavy (non-hydrogen) atoms. The zero-order chi connectivity index (χ0) is 13.8. The maximum absolute atomic E-state index is 12.1. The second-order valence-electron chi connectivity index (χ2n) is 4.00. The van der Waals surface area contributed by atoms with E-state index in [9.17, 15) is 9.59 Å². The fourth-order valence-electron chi connectivity index (χ4n) is 1.78. The fraction of sp³-hybridized carbons (Fsp3) is 0.200. The molecule has 0 spiro atoms. The molecule has 0 amide bonds. The third kappa shape index (κ3) is 2.73. The van der Waals surface area contributed by atoms with Gasteiger partial charge in [0.05, 0.1) is 6.61 Å². The van der Waals surface area contributed by atoms with Crippen molar-refractivity contribution in [3.05, 3.63) is 53.0 Å². The first-order valence-electron chi connectivity index (χ1n) is 6.00. The summed E-state index contributed by atoms with van der Waals surface area (Å²) < 4.78 is 10.2. The van der Waals surface area contributed by atoms with Gasteiger partial charge in [0, 0.05) is 0 Å². The molecule has 0 unspecified atom stereocenters. The summed E-state index contributed by atoms with van der Waals surface area (Å²) in [6.45, 7) is 3.49. The van der Waals surface area contributed by atoms with Gasteiger partial charge in [0.2, 0.25) is 5.78 Å². The predicted octanol–water partition coefficient (Wildman–Crippen LogP) is 2.46. The summed E-state index contributed by atoms with van der Waals surface area (Å²) >= 11 is 0. The van der Waals surface area contributed by atoms with E-state index < -0.39 is 11.8 Å². The van der Waals surface area contributed by atoms with Crippen molar-refractivity contribution in [2.75, 3.05) is 6.61 Å². The molecule has 0 N–H and O–H groups in total. The molecule has 1 aromatic carbocycles. The van der Waals surface area contributed by atoms with Crippen molar-refractivity contribution in [2.45, 2.75) is 13.8 Å². The number of Topliss-reactive ketones (excluding diaryl/α,β-unsaturated/α-hetero) is 1. The molecule has 1 aliphatic heterocycles. The standard InChI is InChI=1S/C15H14O4/c1-3-18-15(17)13-10(2)19-12(14(13)16)9-11-7-5-4-6-8-11/h4-9H,3H2,1-2H3/b12-9-. The Morgan fingerprint density at radius 3 is 2.63 bits per heavy atom. The lowest BCUT2D eigenvalue weighted by Crippen LogP contribution is -2.14. The quantitative estimate of drug-likeness (QED) is 0.475. The summed E-state index contributed by atoms with van der Waals surface area (Å²) in [6, 6.07) is 9.30. The molecular formula is C15H14O4. The van der Waals surface area contributed by atoms with E-state index >= 15 is 0 Å². The number of hydrogen-bond donors (Lipinski definition) is 0. The van der Waals surface area contributed by atoms with Crippen LogP contribution in [0.4, 0.5) is 0 Å². The van der Waals surface area contributed by atoms with Crippen LogP contribution < -0.4 is 0 Å². The Morgan fingerprint density at radius 2 is 2.00 bits per heavy atom. The highest BCUT2D eigenvalue weighted by Crippen LogP contribution is 2.26. The van der Waals surface area contributed by atoms with Crippen molar-refractivity contribution in [3.63, 3.8) is 0 Å². The van der Waals surface area contributed by atoms with E-state index in [1.807, 2.05) is 30.3 Å². The van der Waals surface area contributed by atoms with Gasteiger partial charge >= 0.3 is 5.97 Å². The van der Waals surface area contributed by atoms with Gasteiger partial charge in [-0.15, -0.1) is 0 Å². The third-order valence-corrected chi connectivity index (χ3v) is 2.64. The lowest BCUT2D eigenvalue weighted by atomic mass is 10.1. The first-order chi connectivity index (χ1) is 9.13. The summed E-state index contributed by atoms with van der Waals surface area (Å²) in [5.74, 6) is -0.640. The number of carbonyl (C=O) groups is 2. The molecule has 0 aromatic heterocycles. The van der Waals surface area contributed by atoms with Gasteiger partial charge in [0.15, 0.2) is 5.76 Å². The Balaban J connectivity index is 2.25. The molecule has 0 fully saturated rings. The molecule has 0 radical (unpaired) electrons. The smallest absolute Gasteiger partial charge is 0.345 e. The highest BCUT2D eigenvalue weighted by molar-refractivity contribution is 6.26. The molecule has 1 aliphatic rings. The molecule has 0 bridgehead atoms. The topological polar surface area (TPSA) is 52.6 Å². The van der Waals surface area contributed by atoms with Crippen LogP contribution in [0.5, 0.6) is 0 Å². The number of benzene rings is 1. The molecule has 0 saturated carbocycles. The largest absolute Gasteiger partial charge is 0.462 e. The number of rotatable bonds is 3. The lowest BCUT2D eigenvalue weighted by molar-refractivity contribution is -0.139. The SMILES string of the molecule is CCOC(=O)C1=C(C)O/C(=C\c2ccccc2)C1=O. The normalized spacial score (nSPS) is 16.7. The number of allylic oxidation sites excluding steroid dienone is 2. The summed E-state index contributed by atoms with van der Waals surface area (Å²) in [4.78, 5) is 23.7. The Labute approximate surface area is 111 Å². The lowest BCUT2D eigenvalue weighted by Gasteiger charge is -1.99. The van der Waals surface area contributed by atoms with Crippen LogP contribution in [-0.4, -0.2) is 18.4 Å². The van der Waals surface area contributed by atoms with Crippen molar-refractivity contribution < 1.29 is 19.1 Å². The highest BCUT2D eigenvalue weighted by atomic mass is 16.5. The summed E-state index contributed by atoms with van der Waals surface area (Å²) in [7, 11) is 0. The van der Waals surface area contributed by atoms with Gasteiger partial charge < -0.3 is 9.47 Å². The third-order valence-electron chi connectivity index (χ3n) is 2.64. The molecule has 4 nitrogen and oxygen atoms in total. The zero-order valence-corrected chi connectivity index (χ0v) is 10.8. The van der Waals surface area contributed by atoms with Gasteiger partial charge in [-0.25, -0.2) is 4.79 Å². The first kappa shape index (κ1) is 13.1. The van der Waals surface area contributed by atoms with Crippen molar-refractivity contribution >= 4 is 17.8 Å². The van der Waals surface area contributed by atoms with E-state index in [2.05, 4.69) is 0 Å². The van der Waals surface area contributed by atoms with Crippen LogP contribution in [-0.2, 0) is 19.1 Å². The number of ketones is 1. The predicted molar refractivity (Wildman–Crippen MR) is 69.8 cm³/mol. The van der Waals surface area contributed by atoms with Crippen LogP contribution >= 0.6 is 0 Å². The van der Waals surface area contributed by atoms with Gasteiger partial charge in [0.1, 0.15) is 11.3 Å². The van der Waals surface area contributed by atoms with Gasteiger partial charge in [-0.1, -0.05) is 30.3 Å². The molecule has 4 heteroatoms. The number of esters is 1. The number of carbonyl (C=O) groups excluding carboxylic acids is 2. The Morgan fingerprint density at radius 1 is 1.32 bits per heavy atom. The summed E-state index contributed by atoms with van der Waals surface area (Å²) in [6.07, 6.45) is 1.61. The fourth-order valence-corrected chi connectivity index (χ4v) is 1.78. The van der Waals surface area contributed by atoms with E-state index in [4.69, 9.17) is 9.47 Å². The molecule has 0 atom stereocenters. The molecule has 1 aromatic rings. The van der Waals surface area contributed by atoms with E-state index in [0.717, 1.165) is 5.56 Å². The summed E-state index contributed by atoms with van der Waals surface area (Å²) in [5.41, 5.74) is 0.813. The maximum atomic E-state index is 12.1. The van der Waals surface area contributed by atoms with Crippen LogP contribution in [0.25, 0.3) is 6.08 Å². The monoisotopic (exact) mass is 258 g/mol. The van der Waals surface area contributed by atoms with Crippen LogP contribution in [0, 0.1) is 0 Å². The maximum Gasteiger partial charge on any atom is 0.345 e. The number of hydrogen-bond acceptors (Lipinski definition) is 4. The minimum absolute atomic E-state index is 0.0240. The molecule has 1 heterocycles.